The number of halogens is 1. The molecular weight excluding hydrogens is 320 g/mol. The Bertz CT molecular complexity index is 518. The first-order valence-corrected chi connectivity index (χ1v) is 8.59. The van der Waals surface area contributed by atoms with E-state index < -0.39 is 0 Å². The molecule has 2 N–H and O–H groups in total. The van der Waals surface area contributed by atoms with Crippen molar-refractivity contribution < 1.29 is 0 Å². The molecule has 1 aromatic heterocycles. The number of aryl methyl sites for hydroxylation is 1. The summed E-state index contributed by atoms with van der Waals surface area (Å²) in [5.74, 6) is 0.758. The lowest BCUT2D eigenvalue weighted by molar-refractivity contribution is 0.421. The van der Waals surface area contributed by atoms with E-state index in [1.165, 1.54) is 29.0 Å². The molecule has 2 nitrogen and oxygen atoms in total. The van der Waals surface area contributed by atoms with Crippen molar-refractivity contribution in [3.8, 4) is 0 Å². The predicted molar refractivity (Wildman–Crippen MR) is 87.7 cm³/mol. The molecule has 1 heterocycles. The molecule has 0 saturated carbocycles. The predicted octanol–water partition coefficient (Wildman–Crippen LogP) is 4.76. The van der Waals surface area contributed by atoms with Gasteiger partial charge >= 0.3 is 0 Å². The van der Waals surface area contributed by atoms with Crippen LogP contribution in [0.2, 0.25) is 0 Å². The molecule has 0 radical (unpaired) electrons. The van der Waals surface area contributed by atoms with Gasteiger partial charge in [0.15, 0.2) is 0 Å². The van der Waals surface area contributed by atoms with Gasteiger partial charge in [-0.15, -0.1) is 11.3 Å². The van der Waals surface area contributed by atoms with Crippen LogP contribution in [-0.4, -0.2) is 11.5 Å². The van der Waals surface area contributed by atoms with Crippen LogP contribution in [0.25, 0.3) is 10.2 Å². The summed E-state index contributed by atoms with van der Waals surface area (Å²) in [7, 11) is 0. The van der Waals surface area contributed by atoms with Gasteiger partial charge in [0.25, 0.3) is 0 Å². The van der Waals surface area contributed by atoms with Crippen molar-refractivity contribution in [2.75, 3.05) is 6.54 Å². The molecule has 0 spiro atoms. The average molecular weight is 341 g/mol. The lowest BCUT2D eigenvalue weighted by Gasteiger charge is -2.13. The zero-order valence-corrected chi connectivity index (χ0v) is 13.8. The number of nitrogens with two attached hydrogens (primary N) is 1. The van der Waals surface area contributed by atoms with E-state index in [1.54, 1.807) is 0 Å². The largest absolute Gasteiger partial charge is 0.330 e. The van der Waals surface area contributed by atoms with E-state index in [1.807, 2.05) is 11.3 Å². The molecule has 0 aliphatic carbocycles. The monoisotopic (exact) mass is 340 g/mol. The summed E-state index contributed by atoms with van der Waals surface area (Å²) in [5.41, 5.74) is 6.81. The van der Waals surface area contributed by atoms with Crippen LogP contribution in [0.5, 0.6) is 0 Å². The topological polar surface area (TPSA) is 38.9 Å². The zero-order chi connectivity index (χ0) is 13.7. The second-order valence-corrected chi connectivity index (χ2v) is 7.02. The smallest absolute Gasteiger partial charge is 0.0938 e. The lowest BCUT2D eigenvalue weighted by atomic mass is 9.95. The van der Waals surface area contributed by atoms with E-state index in [0.29, 0.717) is 0 Å². The Labute approximate surface area is 127 Å². The van der Waals surface area contributed by atoms with Crippen LogP contribution >= 0.6 is 27.3 Å². The SMILES string of the molecule is CCCC(CCN)CCc1nc2ccc(Br)cc2s1. The molecule has 4 heteroatoms. The summed E-state index contributed by atoms with van der Waals surface area (Å²) in [4.78, 5) is 4.71. The molecule has 19 heavy (non-hydrogen) atoms. The highest BCUT2D eigenvalue weighted by Crippen LogP contribution is 2.27. The first kappa shape index (κ1) is 14.9. The van der Waals surface area contributed by atoms with Crippen molar-refractivity contribution in [1.82, 2.24) is 4.98 Å². The van der Waals surface area contributed by atoms with Gasteiger partial charge in [0.1, 0.15) is 0 Å². The molecule has 2 aromatic rings. The number of hydrogen-bond acceptors (Lipinski definition) is 3. The second kappa shape index (κ2) is 7.36. The van der Waals surface area contributed by atoms with Crippen LogP contribution in [0.1, 0.15) is 37.6 Å². The zero-order valence-electron chi connectivity index (χ0n) is 11.4. The molecule has 0 amide bonds. The molecule has 0 fully saturated rings. The summed E-state index contributed by atoms with van der Waals surface area (Å²) in [5, 5.41) is 1.26. The van der Waals surface area contributed by atoms with Gasteiger partial charge in [-0.2, -0.15) is 0 Å². The van der Waals surface area contributed by atoms with Crippen LogP contribution in [0.4, 0.5) is 0 Å². The second-order valence-electron chi connectivity index (χ2n) is 4.99. The maximum Gasteiger partial charge on any atom is 0.0938 e. The van der Waals surface area contributed by atoms with Gasteiger partial charge in [0.2, 0.25) is 0 Å². The fourth-order valence-electron chi connectivity index (χ4n) is 2.46. The standard InChI is InChI=1S/C15H21BrN2S/c1-2-3-11(8-9-17)4-7-15-18-13-6-5-12(16)10-14(13)19-15/h5-6,10-11H,2-4,7-9,17H2,1H3. The van der Waals surface area contributed by atoms with E-state index in [-0.39, 0.29) is 0 Å². The van der Waals surface area contributed by atoms with Crippen LogP contribution < -0.4 is 5.73 Å². The van der Waals surface area contributed by atoms with Crippen LogP contribution in [0, 0.1) is 5.92 Å². The van der Waals surface area contributed by atoms with Gasteiger partial charge in [0, 0.05) is 4.47 Å². The molecule has 2 rings (SSSR count). The molecule has 1 atom stereocenters. The Hall–Kier alpha value is -0.450. The van der Waals surface area contributed by atoms with E-state index in [4.69, 9.17) is 10.7 Å². The molecule has 1 aromatic carbocycles. The lowest BCUT2D eigenvalue weighted by Crippen LogP contribution is -2.09. The van der Waals surface area contributed by atoms with Crippen molar-refractivity contribution in [2.45, 2.75) is 39.0 Å². The number of fused-ring (bicyclic) bond motifs is 1. The number of thiazole rings is 1. The molecule has 104 valence electrons. The average Bonchev–Trinajstić information content (AvgIpc) is 2.78. The molecule has 0 saturated heterocycles. The van der Waals surface area contributed by atoms with Crippen LogP contribution in [0.3, 0.4) is 0 Å². The minimum Gasteiger partial charge on any atom is -0.330 e. The number of aromatic nitrogens is 1. The third-order valence-electron chi connectivity index (χ3n) is 3.43. The Morgan fingerprint density at radius 2 is 2.16 bits per heavy atom. The van der Waals surface area contributed by atoms with E-state index in [2.05, 4.69) is 41.1 Å². The molecule has 0 aliphatic rings. The highest BCUT2D eigenvalue weighted by Gasteiger charge is 2.10. The Morgan fingerprint density at radius 1 is 1.32 bits per heavy atom. The van der Waals surface area contributed by atoms with Crippen molar-refractivity contribution in [1.29, 1.82) is 0 Å². The number of hydrogen-bond donors (Lipinski definition) is 1. The summed E-state index contributed by atoms with van der Waals surface area (Å²) >= 11 is 5.33. The Balaban J connectivity index is 2.00. The third-order valence-corrected chi connectivity index (χ3v) is 5.00. The van der Waals surface area contributed by atoms with E-state index in [9.17, 15) is 0 Å². The van der Waals surface area contributed by atoms with Crippen molar-refractivity contribution in [3.63, 3.8) is 0 Å². The van der Waals surface area contributed by atoms with E-state index in [0.717, 1.165) is 35.3 Å². The molecular formula is C15H21BrN2S. The van der Waals surface area contributed by atoms with Crippen molar-refractivity contribution in [2.24, 2.45) is 11.7 Å². The van der Waals surface area contributed by atoms with E-state index >= 15 is 0 Å². The number of nitrogens with zero attached hydrogens (tertiary/aromatic N) is 1. The maximum atomic E-state index is 5.69. The van der Waals surface area contributed by atoms with Crippen molar-refractivity contribution in [3.05, 3.63) is 27.7 Å². The fraction of sp³-hybridized carbons (Fsp3) is 0.533. The summed E-state index contributed by atoms with van der Waals surface area (Å²) < 4.78 is 2.40. The Kier molecular flexibility index (Phi) is 5.79. The Morgan fingerprint density at radius 3 is 2.89 bits per heavy atom. The first-order valence-electron chi connectivity index (χ1n) is 6.98. The highest BCUT2D eigenvalue weighted by molar-refractivity contribution is 9.10. The van der Waals surface area contributed by atoms with Gasteiger partial charge in [-0.3, -0.25) is 0 Å². The minimum atomic E-state index is 0.758. The molecule has 0 bridgehead atoms. The first-order chi connectivity index (χ1) is 9.22. The fourth-order valence-corrected chi connectivity index (χ4v) is 3.99. The number of benzene rings is 1. The summed E-state index contributed by atoms with van der Waals surface area (Å²) in [6, 6.07) is 6.29. The van der Waals surface area contributed by atoms with Crippen LogP contribution in [0.15, 0.2) is 22.7 Å². The highest BCUT2D eigenvalue weighted by atomic mass is 79.9. The maximum absolute atomic E-state index is 5.69. The molecule has 0 aliphatic heterocycles. The third kappa shape index (κ3) is 4.26. The van der Waals surface area contributed by atoms with Gasteiger partial charge in [-0.05, 0) is 49.9 Å². The summed E-state index contributed by atoms with van der Waals surface area (Å²) in [6.45, 7) is 3.05. The van der Waals surface area contributed by atoms with Crippen LogP contribution in [-0.2, 0) is 6.42 Å². The normalized spacial score (nSPS) is 13.0. The minimum absolute atomic E-state index is 0.758. The quantitative estimate of drug-likeness (QED) is 0.789. The number of rotatable bonds is 7. The summed E-state index contributed by atoms with van der Waals surface area (Å²) in [6.07, 6.45) is 5.98. The van der Waals surface area contributed by atoms with Gasteiger partial charge in [0.05, 0.1) is 15.2 Å². The van der Waals surface area contributed by atoms with Gasteiger partial charge in [-0.1, -0.05) is 35.7 Å². The van der Waals surface area contributed by atoms with Gasteiger partial charge < -0.3 is 5.73 Å². The van der Waals surface area contributed by atoms with Crippen molar-refractivity contribution >= 4 is 37.5 Å². The molecule has 1 unspecified atom stereocenters. The van der Waals surface area contributed by atoms with Gasteiger partial charge in [-0.25, -0.2) is 4.98 Å².